The molecule has 2 rings (SSSR count). The molecule has 0 radical (unpaired) electrons. The van der Waals surface area contributed by atoms with Crippen molar-refractivity contribution in [3.8, 4) is 10.6 Å². The summed E-state index contributed by atoms with van der Waals surface area (Å²) >= 11 is 1.61. The highest BCUT2D eigenvalue weighted by atomic mass is 32.1. The van der Waals surface area contributed by atoms with Gasteiger partial charge in [-0.1, -0.05) is 23.4 Å². The van der Waals surface area contributed by atoms with Crippen molar-refractivity contribution in [1.29, 1.82) is 0 Å². The van der Waals surface area contributed by atoms with Gasteiger partial charge >= 0.3 is 0 Å². The molecule has 0 bridgehead atoms. The molecule has 0 unspecified atom stereocenters. The molecule has 0 saturated heterocycles. The predicted octanol–water partition coefficient (Wildman–Crippen LogP) is 2.04. The van der Waals surface area contributed by atoms with Crippen molar-refractivity contribution in [2.45, 2.75) is 26.7 Å². The van der Waals surface area contributed by atoms with Crippen molar-refractivity contribution < 1.29 is 4.52 Å². The van der Waals surface area contributed by atoms with Gasteiger partial charge in [-0.05, 0) is 26.4 Å². The van der Waals surface area contributed by atoms with E-state index in [0.717, 1.165) is 47.3 Å². The smallest absolute Gasteiger partial charge is 0.152 e. The third-order valence-electron chi connectivity index (χ3n) is 2.44. The first-order valence-electron chi connectivity index (χ1n) is 5.76. The topological polar surface area (TPSA) is 63.8 Å². The Balaban J connectivity index is 1.95. The Bertz CT molecular complexity index is 465. The molecule has 0 aliphatic carbocycles. The molecule has 2 heterocycles. The number of nitrogens with one attached hydrogen (secondary N) is 1. The van der Waals surface area contributed by atoms with Gasteiger partial charge in [0, 0.05) is 6.42 Å². The first kappa shape index (κ1) is 12.2. The standard InChI is InChI=1S/C11H16N4OS/c1-3-12-6-4-5-10-14-15-11(17-10)9-7-13-16-8(9)2/h7,12H,3-6H2,1-2H3. The second-order valence-electron chi connectivity index (χ2n) is 3.75. The van der Waals surface area contributed by atoms with E-state index in [0.29, 0.717) is 0 Å². The molecule has 0 aliphatic heterocycles. The van der Waals surface area contributed by atoms with Crippen molar-refractivity contribution in [1.82, 2.24) is 20.7 Å². The van der Waals surface area contributed by atoms with Crippen LogP contribution >= 0.6 is 11.3 Å². The van der Waals surface area contributed by atoms with Crippen LogP contribution in [0.2, 0.25) is 0 Å². The highest BCUT2D eigenvalue weighted by molar-refractivity contribution is 7.14. The lowest BCUT2D eigenvalue weighted by atomic mass is 10.3. The van der Waals surface area contributed by atoms with Crippen LogP contribution in [0.15, 0.2) is 10.7 Å². The molecule has 1 N–H and O–H groups in total. The molecule has 6 heteroatoms. The maximum Gasteiger partial charge on any atom is 0.152 e. The highest BCUT2D eigenvalue weighted by Gasteiger charge is 2.11. The maximum atomic E-state index is 5.02. The summed E-state index contributed by atoms with van der Waals surface area (Å²) < 4.78 is 5.02. The summed E-state index contributed by atoms with van der Waals surface area (Å²) in [7, 11) is 0. The van der Waals surface area contributed by atoms with E-state index in [9.17, 15) is 0 Å². The summed E-state index contributed by atoms with van der Waals surface area (Å²) in [5, 5.41) is 17.3. The van der Waals surface area contributed by atoms with Crippen LogP contribution in [0.1, 0.15) is 24.1 Å². The summed E-state index contributed by atoms with van der Waals surface area (Å²) in [6.45, 7) is 6.03. The lowest BCUT2D eigenvalue weighted by Crippen LogP contribution is -2.14. The average molecular weight is 252 g/mol. The summed E-state index contributed by atoms with van der Waals surface area (Å²) in [4.78, 5) is 0. The van der Waals surface area contributed by atoms with Gasteiger partial charge < -0.3 is 9.84 Å². The first-order chi connectivity index (χ1) is 8.31. The third kappa shape index (κ3) is 3.10. The number of aryl methyl sites for hydroxylation is 2. The lowest BCUT2D eigenvalue weighted by Gasteiger charge is -1.97. The van der Waals surface area contributed by atoms with Crippen LogP contribution in [0.3, 0.4) is 0 Å². The van der Waals surface area contributed by atoms with Crippen LogP contribution in [0, 0.1) is 6.92 Å². The molecule has 0 aromatic carbocycles. The Morgan fingerprint density at radius 1 is 1.41 bits per heavy atom. The molecule has 0 aliphatic rings. The minimum atomic E-state index is 0.792. The van der Waals surface area contributed by atoms with Crippen LogP contribution in [0.25, 0.3) is 10.6 Å². The zero-order valence-electron chi connectivity index (χ0n) is 10.1. The Labute approximate surface area is 104 Å². The molecule has 0 fully saturated rings. The van der Waals surface area contributed by atoms with Crippen LogP contribution in [-0.2, 0) is 6.42 Å². The van der Waals surface area contributed by atoms with E-state index in [1.165, 1.54) is 0 Å². The zero-order valence-corrected chi connectivity index (χ0v) is 10.9. The quantitative estimate of drug-likeness (QED) is 0.797. The van der Waals surface area contributed by atoms with Gasteiger partial charge in [0.05, 0.1) is 11.8 Å². The van der Waals surface area contributed by atoms with Crippen molar-refractivity contribution in [2.75, 3.05) is 13.1 Å². The lowest BCUT2D eigenvalue weighted by molar-refractivity contribution is 0.398. The second-order valence-corrected chi connectivity index (χ2v) is 4.82. The summed E-state index contributed by atoms with van der Waals surface area (Å²) in [6, 6.07) is 0. The van der Waals surface area contributed by atoms with Gasteiger partial charge in [0.15, 0.2) is 5.01 Å². The average Bonchev–Trinajstić information content (AvgIpc) is 2.93. The number of hydrogen-bond acceptors (Lipinski definition) is 6. The molecule has 0 saturated carbocycles. The van der Waals surface area contributed by atoms with Gasteiger partial charge in [0.2, 0.25) is 0 Å². The Kier molecular flexibility index (Phi) is 4.22. The van der Waals surface area contributed by atoms with Crippen LogP contribution < -0.4 is 5.32 Å². The van der Waals surface area contributed by atoms with E-state index in [2.05, 4.69) is 27.6 Å². The van der Waals surface area contributed by atoms with Crippen molar-refractivity contribution in [2.24, 2.45) is 0 Å². The Morgan fingerprint density at radius 2 is 2.29 bits per heavy atom. The molecule has 17 heavy (non-hydrogen) atoms. The van der Waals surface area contributed by atoms with Gasteiger partial charge in [-0.3, -0.25) is 0 Å². The molecule has 2 aromatic heterocycles. The van der Waals surface area contributed by atoms with Crippen LogP contribution in [0.5, 0.6) is 0 Å². The number of nitrogens with zero attached hydrogens (tertiary/aromatic N) is 3. The Hall–Kier alpha value is -1.27. The van der Waals surface area contributed by atoms with Crippen LogP contribution in [0.4, 0.5) is 0 Å². The monoisotopic (exact) mass is 252 g/mol. The molecule has 2 aromatic rings. The van der Waals surface area contributed by atoms with Crippen molar-refractivity contribution in [3.05, 3.63) is 17.0 Å². The zero-order chi connectivity index (χ0) is 12.1. The van der Waals surface area contributed by atoms with Gasteiger partial charge in [0.1, 0.15) is 10.8 Å². The number of aromatic nitrogens is 3. The largest absolute Gasteiger partial charge is 0.361 e. The van der Waals surface area contributed by atoms with Crippen LogP contribution in [-0.4, -0.2) is 28.4 Å². The fraction of sp³-hybridized carbons (Fsp3) is 0.545. The van der Waals surface area contributed by atoms with E-state index in [1.54, 1.807) is 17.5 Å². The van der Waals surface area contributed by atoms with E-state index >= 15 is 0 Å². The molecule has 5 nitrogen and oxygen atoms in total. The third-order valence-corrected chi connectivity index (χ3v) is 3.46. The van der Waals surface area contributed by atoms with E-state index in [1.807, 2.05) is 6.92 Å². The van der Waals surface area contributed by atoms with Crippen molar-refractivity contribution >= 4 is 11.3 Å². The SMILES string of the molecule is CCNCCCc1nnc(-c2cnoc2C)s1. The maximum absolute atomic E-state index is 5.02. The first-order valence-corrected chi connectivity index (χ1v) is 6.57. The highest BCUT2D eigenvalue weighted by Crippen LogP contribution is 2.26. The summed E-state index contributed by atoms with van der Waals surface area (Å²) in [5.74, 6) is 0.792. The van der Waals surface area contributed by atoms with Gasteiger partial charge in [0.25, 0.3) is 0 Å². The van der Waals surface area contributed by atoms with Crippen molar-refractivity contribution in [3.63, 3.8) is 0 Å². The minimum absolute atomic E-state index is 0.792. The van der Waals surface area contributed by atoms with E-state index < -0.39 is 0 Å². The van der Waals surface area contributed by atoms with Gasteiger partial charge in [-0.15, -0.1) is 10.2 Å². The molecule has 92 valence electrons. The Morgan fingerprint density at radius 3 is 3.00 bits per heavy atom. The predicted molar refractivity (Wildman–Crippen MR) is 67.0 cm³/mol. The molecule has 0 amide bonds. The fourth-order valence-corrected chi connectivity index (χ4v) is 2.45. The minimum Gasteiger partial charge on any atom is -0.361 e. The fourth-order valence-electron chi connectivity index (χ4n) is 1.51. The van der Waals surface area contributed by atoms with E-state index in [4.69, 9.17) is 4.52 Å². The van der Waals surface area contributed by atoms with Gasteiger partial charge in [-0.25, -0.2) is 0 Å². The summed E-state index contributed by atoms with van der Waals surface area (Å²) in [5.41, 5.74) is 0.945. The molecular formula is C11H16N4OS. The molecule has 0 spiro atoms. The number of hydrogen-bond donors (Lipinski definition) is 1. The number of rotatable bonds is 6. The second kappa shape index (κ2) is 5.88. The summed E-state index contributed by atoms with van der Waals surface area (Å²) in [6.07, 6.45) is 3.75. The van der Waals surface area contributed by atoms with Gasteiger partial charge in [-0.2, -0.15) is 0 Å². The normalized spacial score (nSPS) is 10.9. The molecule has 0 atom stereocenters. The van der Waals surface area contributed by atoms with E-state index in [-0.39, 0.29) is 0 Å². The molecular weight excluding hydrogens is 236 g/mol.